The fourth-order valence-electron chi connectivity index (χ4n) is 2.34. The summed E-state index contributed by atoms with van der Waals surface area (Å²) >= 11 is 0. The van der Waals surface area contributed by atoms with Gasteiger partial charge in [-0.15, -0.1) is 13.2 Å². The molecule has 0 unspecified atom stereocenters. The molecule has 2 aromatic heterocycles. The summed E-state index contributed by atoms with van der Waals surface area (Å²) in [4.78, 5) is -0.195. The minimum absolute atomic E-state index is 0.0995. The van der Waals surface area contributed by atoms with Crippen molar-refractivity contribution in [3.63, 3.8) is 0 Å². The molecule has 0 aliphatic carbocycles. The second kappa shape index (κ2) is 7.08. The number of furan rings is 1. The molecule has 7 nitrogen and oxygen atoms in total. The lowest BCUT2D eigenvalue weighted by Crippen LogP contribution is -2.23. The molecule has 0 fully saturated rings. The normalized spacial score (nSPS) is 12.3. The quantitative estimate of drug-likeness (QED) is 0.686. The molecule has 3 aromatic rings. The first-order chi connectivity index (χ1) is 12.6. The Bertz CT molecular complexity index is 1010. The van der Waals surface area contributed by atoms with Gasteiger partial charge in [-0.3, -0.25) is 4.68 Å². The van der Waals surface area contributed by atoms with E-state index in [4.69, 9.17) is 4.42 Å². The Morgan fingerprint density at radius 1 is 1.22 bits per heavy atom. The fraction of sp³-hybridized carbons (Fsp3) is 0.188. The highest BCUT2D eigenvalue weighted by atomic mass is 32.2. The highest BCUT2D eigenvalue weighted by Gasteiger charge is 2.31. The van der Waals surface area contributed by atoms with Crippen molar-refractivity contribution < 1.29 is 30.7 Å². The monoisotopic (exact) mass is 401 g/mol. The van der Waals surface area contributed by atoms with Gasteiger partial charge in [-0.25, -0.2) is 13.1 Å². The number of hydrogen-bond acceptors (Lipinski definition) is 5. The third-order valence-electron chi connectivity index (χ3n) is 3.51. The lowest BCUT2D eigenvalue weighted by molar-refractivity contribution is -0.274. The van der Waals surface area contributed by atoms with Crippen LogP contribution in [0.1, 0.15) is 5.69 Å². The van der Waals surface area contributed by atoms with Crippen molar-refractivity contribution in [2.45, 2.75) is 17.8 Å². The van der Waals surface area contributed by atoms with Crippen LogP contribution in [0.4, 0.5) is 13.2 Å². The summed E-state index contributed by atoms with van der Waals surface area (Å²) < 4.78 is 73.9. The molecule has 11 heteroatoms. The zero-order valence-corrected chi connectivity index (χ0v) is 14.7. The van der Waals surface area contributed by atoms with E-state index in [1.165, 1.54) is 6.26 Å². The highest BCUT2D eigenvalue weighted by Crippen LogP contribution is 2.24. The van der Waals surface area contributed by atoms with Crippen molar-refractivity contribution in [2.24, 2.45) is 7.05 Å². The van der Waals surface area contributed by atoms with Crippen LogP contribution in [0.2, 0.25) is 0 Å². The summed E-state index contributed by atoms with van der Waals surface area (Å²) in [5, 5.41) is 4.20. The van der Waals surface area contributed by atoms with Crippen LogP contribution in [-0.4, -0.2) is 24.6 Å². The van der Waals surface area contributed by atoms with E-state index in [1.807, 2.05) is 0 Å². The molecule has 0 amide bonds. The smallest absolute Gasteiger partial charge is 0.463 e. The van der Waals surface area contributed by atoms with Gasteiger partial charge in [0.1, 0.15) is 11.4 Å². The van der Waals surface area contributed by atoms with Gasteiger partial charge in [-0.1, -0.05) is 0 Å². The third-order valence-corrected chi connectivity index (χ3v) is 4.93. The largest absolute Gasteiger partial charge is 0.573 e. The summed E-state index contributed by atoms with van der Waals surface area (Å²) in [7, 11) is -2.25. The SMILES string of the molecule is Cn1nc(CNS(=O)(=O)c2ccc(OC(F)(F)F)cc2)cc1-c1ccco1. The first-order valence-electron chi connectivity index (χ1n) is 7.56. The van der Waals surface area contributed by atoms with Gasteiger partial charge in [0.25, 0.3) is 0 Å². The Balaban J connectivity index is 1.69. The van der Waals surface area contributed by atoms with Crippen molar-refractivity contribution in [1.82, 2.24) is 14.5 Å². The lowest BCUT2D eigenvalue weighted by atomic mass is 10.3. The van der Waals surface area contributed by atoms with Gasteiger partial charge in [0.15, 0.2) is 5.76 Å². The van der Waals surface area contributed by atoms with E-state index in [0.717, 1.165) is 24.3 Å². The number of sulfonamides is 1. The number of ether oxygens (including phenoxy) is 1. The van der Waals surface area contributed by atoms with E-state index in [-0.39, 0.29) is 11.4 Å². The zero-order valence-electron chi connectivity index (χ0n) is 13.9. The summed E-state index contributed by atoms with van der Waals surface area (Å²) in [6.45, 7) is -0.0995. The molecular formula is C16H14F3N3O4S. The number of nitrogens with zero attached hydrogens (tertiary/aromatic N) is 2. The molecule has 3 rings (SSSR count). The molecule has 0 bridgehead atoms. The van der Waals surface area contributed by atoms with Gasteiger partial charge in [0.2, 0.25) is 10.0 Å². The first-order valence-corrected chi connectivity index (χ1v) is 9.05. The van der Waals surface area contributed by atoms with Crippen LogP contribution >= 0.6 is 0 Å². The van der Waals surface area contributed by atoms with Crippen LogP contribution in [0.25, 0.3) is 11.5 Å². The molecule has 0 aliphatic rings. The van der Waals surface area contributed by atoms with Crippen molar-refractivity contribution >= 4 is 10.0 Å². The van der Waals surface area contributed by atoms with Crippen molar-refractivity contribution in [3.05, 3.63) is 54.4 Å². The summed E-state index contributed by atoms with van der Waals surface area (Å²) in [5.41, 5.74) is 1.12. The number of aromatic nitrogens is 2. The third kappa shape index (κ3) is 4.68. The number of hydrogen-bond donors (Lipinski definition) is 1. The minimum Gasteiger partial charge on any atom is -0.463 e. The van der Waals surface area contributed by atoms with Crippen LogP contribution in [0.3, 0.4) is 0 Å². The second-order valence-electron chi connectivity index (χ2n) is 5.47. The van der Waals surface area contributed by atoms with Crippen LogP contribution in [0.15, 0.2) is 58.0 Å². The first kappa shape index (κ1) is 19.0. The van der Waals surface area contributed by atoms with E-state index < -0.39 is 22.1 Å². The zero-order chi connectivity index (χ0) is 19.7. The van der Waals surface area contributed by atoms with Gasteiger partial charge in [0, 0.05) is 7.05 Å². The van der Waals surface area contributed by atoms with Crippen molar-refractivity contribution in [2.75, 3.05) is 0 Å². The van der Waals surface area contributed by atoms with Gasteiger partial charge in [0.05, 0.1) is 23.4 Å². The van der Waals surface area contributed by atoms with Crippen LogP contribution in [0, 0.1) is 0 Å². The molecule has 144 valence electrons. The minimum atomic E-state index is -4.84. The summed E-state index contributed by atoms with van der Waals surface area (Å²) in [6.07, 6.45) is -3.33. The van der Waals surface area contributed by atoms with Crippen molar-refractivity contribution in [1.29, 1.82) is 0 Å². The van der Waals surface area contributed by atoms with E-state index >= 15 is 0 Å². The fourth-order valence-corrected chi connectivity index (χ4v) is 3.34. The molecule has 0 saturated carbocycles. The average Bonchev–Trinajstić information content (AvgIpc) is 3.21. The Morgan fingerprint density at radius 3 is 2.52 bits per heavy atom. The van der Waals surface area contributed by atoms with Crippen LogP contribution in [0.5, 0.6) is 5.75 Å². The predicted octanol–water partition coefficient (Wildman–Crippen LogP) is 3.06. The predicted molar refractivity (Wildman–Crippen MR) is 88.1 cm³/mol. The molecule has 0 atom stereocenters. The molecule has 1 N–H and O–H groups in total. The number of benzene rings is 1. The maximum Gasteiger partial charge on any atom is 0.573 e. The maximum atomic E-state index is 12.3. The average molecular weight is 401 g/mol. The standard InChI is InChI=1S/C16H14F3N3O4S/c1-22-14(15-3-2-8-25-15)9-11(21-22)10-20-27(23,24)13-6-4-12(5-7-13)26-16(17,18)19/h2-9,20H,10H2,1H3. The van der Waals surface area contributed by atoms with Crippen molar-refractivity contribution in [3.8, 4) is 17.2 Å². The van der Waals surface area contributed by atoms with E-state index in [1.54, 1.807) is 29.9 Å². The van der Waals surface area contributed by atoms with E-state index in [0.29, 0.717) is 17.1 Å². The molecule has 0 aliphatic heterocycles. The molecule has 0 radical (unpaired) electrons. The number of alkyl halides is 3. The second-order valence-corrected chi connectivity index (χ2v) is 7.23. The Hall–Kier alpha value is -2.79. The molecule has 2 heterocycles. The number of halogens is 3. The highest BCUT2D eigenvalue weighted by molar-refractivity contribution is 7.89. The Labute approximate surface area is 152 Å². The molecule has 0 spiro atoms. The molecule has 0 saturated heterocycles. The van der Waals surface area contributed by atoms with Gasteiger partial charge in [-0.2, -0.15) is 5.10 Å². The summed E-state index contributed by atoms with van der Waals surface area (Å²) in [6, 6.07) is 9.04. The topological polar surface area (TPSA) is 86.4 Å². The van der Waals surface area contributed by atoms with Crippen LogP contribution < -0.4 is 9.46 Å². The number of aryl methyl sites for hydroxylation is 1. The van der Waals surface area contributed by atoms with Gasteiger partial charge < -0.3 is 9.15 Å². The Morgan fingerprint density at radius 2 is 1.93 bits per heavy atom. The van der Waals surface area contributed by atoms with Crippen LogP contribution in [-0.2, 0) is 23.6 Å². The number of nitrogens with one attached hydrogen (secondary N) is 1. The Kier molecular flexibility index (Phi) is 4.98. The molecule has 27 heavy (non-hydrogen) atoms. The number of rotatable bonds is 6. The lowest BCUT2D eigenvalue weighted by Gasteiger charge is -2.10. The van der Waals surface area contributed by atoms with Gasteiger partial charge >= 0.3 is 6.36 Å². The van der Waals surface area contributed by atoms with Gasteiger partial charge in [-0.05, 0) is 42.5 Å². The molecular weight excluding hydrogens is 387 g/mol. The maximum absolute atomic E-state index is 12.3. The van der Waals surface area contributed by atoms with E-state index in [2.05, 4.69) is 14.6 Å². The summed E-state index contributed by atoms with van der Waals surface area (Å²) in [5.74, 6) is 0.0774. The molecule has 1 aromatic carbocycles. The van der Waals surface area contributed by atoms with E-state index in [9.17, 15) is 21.6 Å².